The quantitative estimate of drug-likeness (QED) is 0.411. The second-order valence-electron chi connectivity index (χ2n) is 4.80. The normalized spacial score (nSPS) is 11.1. The molecular weight excluding hydrogens is 333 g/mol. The third-order valence-corrected chi connectivity index (χ3v) is 3.80. The van der Waals surface area contributed by atoms with Crippen LogP contribution in [0.4, 0.5) is 5.69 Å². The average Bonchev–Trinajstić information content (AvgIpc) is 2.56. The number of fused-ring (bicyclic) bond motifs is 1. The fourth-order valence-electron chi connectivity index (χ4n) is 2.06. The first-order valence-electron chi connectivity index (χ1n) is 6.84. The molecule has 0 amide bonds. The van der Waals surface area contributed by atoms with E-state index < -0.39 is 0 Å². The highest BCUT2D eigenvalue weighted by Crippen LogP contribution is 2.23. The SMILES string of the molecule is COc1ccc2cc(/C=N/Nc3ccc(Cl)cc3)c(Cl)nc2c1. The van der Waals surface area contributed by atoms with E-state index in [9.17, 15) is 0 Å². The number of hydrazone groups is 1. The van der Waals surface area contributed by atoms with E-state index in [1.807, 2.05) is 36.4 Å². The van der Waals surface area contributed by atoms with Crippen LogP contribution in [0.3, 0.4) is 0 Å². The van der Waals surface area contributed by atoms with Crippen molar-refractivity contribution in [2.75, 3.05) is 12.5 Å². The minimum Gasteiger partial charge on any atom is -0.497 e. The Morgan fingerprint density at radius 3 is 2.61 bits per heavy atom. The summed E-state index contributed by atoms with van der Waals surface area (Å²) in [6, 6.07) is 14.8. The number of hydrogen-bond acceptors (Lipinski definition) is 4. The number of methoxy groups -OCH3 is 1. The van der Waals surface area contributed by atoms with Gasteiger partial charge in [0.2, 0.25) is 0 Å². The summed E-state index contributed by atoms with van der Waals surface area (Å²) in [4.78, 5) is 4.37. The Balaban J connectivity index is 1.83. The summed E-state index contributed by atoms with van der Waals surface area (Å²) in [6.45, 7) is 0. The number of pyridine rings is 1. The molecule has 0 fully saturated rings. The third-order valence-electron chi connectivity index (χ3n) is 3.25. The zero-order valence-electron chi connectivity index (χ0n) is 12.3. The highest BCUT2D eigenvalue weighted by Gasteiger charge is 2.04. The summed E-state index contributed by atoms with van der Waals surface area (Å²) in [5, 5.41) is 6.20. The molecule has 1 heterocycles. The molecule has 0 spiro atoms. The molecule has 0 atom stereocenters. The maximum Gasteiger partial charge on any atom is 0.138 e. The molecule has 0 radical (unpaired) electrons. The van der Waals surface area contributed by atoms with E-state index in [-0.39, 0.29) is 0 Å². The standard InChI is InChI=1S/C17H13Cl2N3O/c1-23-15-7-2-11-8-12(17(19)21-16(11)9-15)10-20-22-14-5-3-13(18)4-6-14/h2-10,22H,1H3/b20-10+. The van der Waals surface area contributed by atoms with Crippen LogP contribution in [0.15, 0.2) is 53.6 Å². The molecule has 3 rings (SSSR count). The third kappa shape index (κ3) is 3.73. The lowest BCUT2D eigenvalue weighted by Gasteiger charge is -2.05. The van der Waals surface area contributed by atoms with Crippen LogP contribution in [0, 0.1) is 0 Å². The molecule has 0 aliphatic rings. The predicted molar refractivity (Wildman–Crippen MR) is 96.0 cm³/mol. The molecular formula is C17H13Cl2N3O. The van der Waals surface area contributed by atoms with Gasteiger partial charge in [0.1, 0.15) is 10.9 Å². The van der Waals surface area contributed by atoms with Crippen LogP contribution >= 0.6 is 23.2 Å². The smallest absolute Gasteiger partial charge is 0.138 e. The summed E-state index contributed by atoms with van der Waals surface area (Å²) in [6.07, 6.45) is 1.63. The molecule has 6 heteroatoms. The van der Waals surface area contributed by atoms with Crippen LogP contribution in [0.2, 0.25) is 10.2 Å². The molecule has 1 N–H and O–H groups in total. The zero-order chi connectivity index (χ0) is 16.2. The fourth-order valence-corrected chi connectivity index (χ4v) is 2.38. The molecule has 0 bridgehead atoms. The van der Waals surface area contributed by atoms with Gasteiger partial charge in [0.25, 0.3) is 0 Å². The van der Waals surface area contributed by atoms with Gasteiger partial charge in [0, 0.05) is 22.0 Å². The Hall–Kier alpha value is -2.30. The van der Waals surface area contributed by atoms with Crippen LogP contribution in [-0.4, -0.2) is 18.3 Å². The van der Waals surface area contributed by atoms with Crippen molar-refractivity contribution in [2.45, 2.75) is 0 Å². The lowest BCUT2D eigenvalue weighted by atomic mass is 10.1. The van der Waals surface area contributed by atoms with Crippen molar-refractivity contribution in [3.8, 4) is 5.75 Å². The minimum absolute atomic E-state index is 0.382. The van der Waals surface area contributed by atoms with Crippen molar-refractivity contribution in [3.63, 3.8) is 0 Å². The number of benzene rings is 2. The molecule has 0 saturated heterocycles. The monoisotopic (exact) mass is 345 g/mol. The number of aromatic nitrogens is 1. The highest BCUT2D eigenvalue weighted by atomic mass is 35.5. The molecule has 0 aliphatic heterocycles. The number of hydrogen-bond donors (Lipinski definition) is 1. The van der Waals surface area contributed by atoms with Crippen molar-refractivity contribution in [1.82, 2.24) is 4.98 Å². The summed E-state index contributed by atoms with van der Waals surface area (Å²) in [5.74, 6) is 0.742. The first kappa shape index (κ1) is 15.6. The first-order valence-corrected chi connectivity index (χ1v) is 7.60. The molecule has 1 aromatic heterocycles. The average molecular weight is 346 g/mol. The van der Waals surface area contributed by atoms with Gasteiger partial charge in [-0.1, -0.05) is 23.2 Å². The molecule has 4 nitrogen and oxygen atoms in total. The van der Waals surface area contributed by atoms with E-state index in [1.54, 1.807) is 25.5 Å². The van der Waals surface area contributed by atoms with E-state index >= 15 is 0 Å². The molecule has 0 aliphatic carbocycles. The van der Waals surface area contributed by atoms with Crippen LogP contribution in [0.5, 0.6) is 5.75 Å². The molecule has 2 aromatic carbocycles. The summed E-state index contributed by atoms with van der Waals surface area (Å²) >= 11 is 12.1. The van der Waals surface area contributed by atoms with Crippen molar-refractivity contribution in [1.29, 1.82) is 0 Å². The Bertz CT molecular complexity index is 864. The van der Waals surface area contributed by atoms with E-state index in [4.69, 9.17) is 27.9 Å². The van der Waals surface area contributed by atoms with Gasteiger partial charge in [-0.2, -0.15) is 5.10 Å². The number of halogens is 2. The van der Waals surface area contributed by atoms with Gasteiger partial charge in [-0.15, -0.1) is 0 Å². The van der Waals surface area contributed by atoms with Crippen LogP contribution in [0.1, 0.15) is 5.56 Å². The molecule has 23 heavy (non-hydrogen) atoms. The van der Waals surface area contributed by atoms with Gasteiger partial charge in [-0.25, -0.2) is 4.98 Å². The Morgan fingerprint density at radius 1 is 1.09 bits per heavy atom. The fraction of sp³-hybridized carbons (Fsp3) is 0.0588. The lowest BCUT2D eigenvalue weighted by molar-refractivity contribution is 0.415. The van der Waals surface area contributed by atoms with Crippen molar-refractivity contribution in [2.24, 2.45) is 5.10 Å². The van der Waals surface area contributed by atoms with Crippen molar-refractivity contribution < 1.29 is 4.74 Å². The van der Waals surface area contributed by atoms with Crippen molar-refractivity contribution in [3.05, 3.63) is 64.3 Å². The maximum atomic E-state index is 6.21. The van der Waals surface area contributed by atoms with E-state index in [0.717, 1.165) is 27.9 Å². The van der Waals surface area contributed by atoms with Gasteiger partial charge in [-0.3, -0.25) is 5.43 Å². The second-order valence-corrected chi connectivity index (χ2v) is 5.60. The molecule has 116 valence electrons. The Morgan fingerprint density at radius 2 is 1.87 bits per heavy atom. The van der Waals surface area contributed by atoms with Crippen LogP contribution in [0.25, 0.3) is 10.9 Å². The number of ether oxygens (including phenoxy) is 1. The van der Waals surface area contributed by atoms with Crippen molar-refractivity contribution >= 4 is 46.0 Å². The first-order chi connectivity index (χ1) is 11.2. The molecule has 0 unspecified atom stereocenters. The number of rotatable bonds is 4. The van der Waals surface area contributed by atoms with Gasteiger partial charge in [-0.05, 0) is 42.5 Å². The van der Waals surface area contributed by atoms with Crippen LogP contribution < -0.4 is 10.2 Å². The van der Waals surface area contributed by atoms with E-state index in [2.05, 4.69) is 15.5 Å². The van der Waals surface area contributed by atoms with Gasteiger partial charge in [0.05, 0.1) is 24.5 Å². The Labute approximate surface area is 143 Å². The summed E-state index contributed by atoms with van der Waals surface area (Å²) in [5.41, 5.74) is 5.25. The predicted octanol–water partition coefficient (Wildman–Crippen LogP) is 5.00. The van der Waals surface area contributed by atoms with E-state index in [1.165, 1.54) is 0 Å². The second kappa shape index (κ2) is 6.86. The summed E-state index contributed by atoms with van der Waals surface area (Å²) in [7, 11) is 1.62. The Kier molecular flexibility index (Phi) is 4.65. The highest BCUT2D eigenvalue weighted by molar-refractivity contribution is 6.32. The lowest BCUT2D eigenvalue weighted by Crippen LogP contribution is -1.93. The zero-order valence-corrected chi connectivity index (χ0v) is 13.8. The van der Waals surface area contributed by atoms with Gasteiger partial charge < -0.3 is 4.74 Å². The van der Waals surface area contributed by atoms with Crippen LogP contribution in [-0.2, 0) is 0 Å². The molecule has 0 saturated carbocycles. The van der Waals surface area contributed by atoms with Gasteiger partial charge >= 0.3 is 0 Å². The topological polar surface area (TPSA) is 46.5 Å². The number of nitrogens with one attached hydrogen (secondary N) is 1. The maximum absolute atomic E-state index is 6.21. The minimum atomic E-state index is 0.382. The largest absolute Gasteiger partial charge is 0.497 e. The number of anilines is 1. The molecule has 3 aromatic rings. The summed E-state index contributed by atoms with van der Waals surface area (Å²) < 4.78 is 5.19. The number of nitrogens with zero attached hydrogens (tertiary/aromatic N) is 2. The van der Waals surface area contributed by atoms with E-state index in [0.29, 0.717) is 10.2 Å². The van der Waals surface area contributed by atoms with Gasteiger partial charge in [0.15, 0.2) is 0 Å².